The zero-order chi connectivity index (χ0) is 14.7. The first-order valence-electron chi connectivity index (χ1n) is 4.96. The number of primary amides is 1. The van der Waals surface area contributed by atoms with Gasteiger partial charge < -0.3 is 16.2 Å². The molecule has 0 fully saturated rings. The molecule has 0 spiro atoms. The highest BCUT2D eigenvalue weighted by atomic mass is 19.2. The van der Waals surface area contributed by atoms with Gasteiger partial charge in [0.15, 0.2) is 5.75 Å². The third-order valence-corrected chi connectivity index (χ3v) is 2.21. The molecule has 1 rings (SSSR count). The number of halogens is 5. The second-order valence-corrected chi connectivity index (χ2v) is 3.55. The number of carbonyl (C=O) groups excluding carboxylic acids is 1. The lowest BCUT2D eigenvalue weighted by atomic mass is 10.2. The molecule has 1 atom stereocenters. The number of carbonyl (C=O) groups is 1. The zero-order valence-electron chi connectivity index (χ0n) is 9.35. The van der Waals surface area contributed by atoms with Crippen LogP contribution in [0.15, 0.2) is 0 Å². The van der Waals surface area contributed by atoms with E-state index >= 15 is 0 Å². The molecule has 0 bridgehead atoms. The van der Waals surface area contributed by atoms with Crippen LogP contribution >= 0.6 is 0 Å². The second-order valence-electron chi connectivity index (χ2n) is 3.55. The first-order chi connectivity index (χ1) is 8.77. The Bertz CT molecular complexity index is 480. The van der Waals surface area contributed by atoms with Gasteiger partial charge >= 0.3 is 0 Å². The van der Waals surface area contributed by atoms with E-state index in [1.165, 1.54) is 0 Å². The van der Waals surface area contributed by atoms with Crippen LogP contribution in [0.4, 0.5) is 22.0 Å². The Kier molecular flexibility index (Phi) is 4.65. The van der Waals surface area contributed by atoms with E-state index in [0.29, 0.717) is 0 Å². The molecule has 1 amide bonds. The number of benzene rings is 1. The molecule has 1 aromatic rings. The molecule has 0 heterocycles. The van der Waals surface area contributed by atoms with Crippen LogP contribution in [0.25, 0.3) is 0 Å². The maximum absolute atomic E-state index is 13.1. The van der Waals surface area contributed by atoms with Gasteiger partial charge in [0.1, 0.15) is 0 Å². The fraction of sp³-hybridized carbons (Fsp3) is 0.300. The van der Waals surface area contributed by atoms with E-state index in [1.807, 2.05) is 0 Å². The summed E-state index contributed by atoms with van der Waals surface area (Å²) in [6.45, 7) is -0.539. The van der Waals surface area contributed by atoms with Crippen LogP contribution in [0, 0.1) is 29.1 Å². The molecule has 4 N–H and O–H groups in total. The van der Waals surface area contributed by atoms with Gasteiger partial charge in [0.25, 0.3) is 0 Å². The average molecular weight is 284 g/mol. The van der Waals surface area contributed by atoms with Crippen molar-refractivity contribution in [3.05, 3.63) is 29.1 Å². The van der Waals surface area contributed by atoms with Crippen molar-refractivity contribution < 1.29 is 31.5 Å². The summed E-state index contributed by atoms with van der Waals surface area (Å²) in [5.41, 5.74) is 10.00. The van der Waals surface area contributed by atoms with E-state index in [2.05, 4.69) is 4.74 Å². The predicted octanol–water partition coefficient (Wildman–Crippen LogP) is 0.964. The zero-order valence-corrected chi connectivity index (χ0v) is 9.35. The van der Waals surface area contributed by atoms with E-state index in [4.69, 9.17) is 11.5 Å². The molecular formula is C10H9F5N2O2. The van der Waals surface area contributed by atoms with Gasteiger partial charge in [0, 0.05) is 6.42 Å². The van der Waals surface area contributed by atoms with E-state index < -0.39 is 53.4 Å². The first-order valence-corrected chi connectivity index (χ1v) is 4.96. The van der Waals surface area contributed by atoms with Crippen molar-refractivity contribution in [2.75, 3.05) is 6.61 Å². The Balaban J connectivity index is 2.88. The molecule has 9 heteroatoms. The lowest BCUT2D eigenvalue weighted by molar-refractivity contribution is -0.119. The van der Waals surface area contributed by atoms with Gasteiger partial charge in [-0.25, -0.2) is 13.2 Å². The molecule has 0 radical (unpaired) electrons. The number of hydrogen-bond acceptors (Lipinski definition) is 3. The Labute approximate surface area is 104 Å². The molecule has 0 aliphatic heterocycles. The maximum Gasteiger partial charge on any atom is 0.234 e. The summed E-state index contributed by atoms with van der Waals surface area (Å²) in [4.78, 5) is 10.6. The highest BCUT2D eigenvalue weighted by Crippen LogP contribution is 2.29. The molecule has 0 saturated carbocycles. The van der Waals surface area contributed by atoms with E-state index in [-0.39, 0.29) is 6.42 Å². The summed E-state index contributed by atoms with van der Waals surface area (Å²) in [5, 5.41) is 0. The molecule has 106 valence electrons. The molecule has 1 aromatic carbocycles. The van der Waals surface area contributed by atoms with Gasteiger partial charge in [0.2, 0.25) is 35.0 Å². The third kappa shape index (κ3) is 3.11. The van der Waals surface area contributed by atoms with Gasteiger partial charge in [-0.3, -0.25) is 4.79 Å². The number of amides is 1. The Morgan fingerprint density at radius 2 is 1.42 bits per heavy atom. The van der Waals surface area contributed by atoms with Crippen molar-refractivity contribution in [3.63, 3.8) is 0 Å². The van der Waals surface area contributed by atoms with Gasteiger partial charge in [-0.2, -0.15) is 8.78 Å². The van der Waals surface area contributed by atoms with Crippen LogP contribution in [0.1, 0.15) is 6.42 Å². The second kappa shape index (κ2) is 5.83. The van der Waals surface area contributed by atoms with E-state index in [9.17, 15) is 26.7 Å². The normalized spacial score (nSPS) is 12.3. The predicted molar refractivity (Wildman–Crippen MR) is 53.5 cm³/mol. The van der Waals surface area contributed by atoms with Crippen LogP contribution in [0.2, 0.25) is 0 Å². The largest absolute Gasteiger partial charge is 0.487 e. The van der Waals surface area contributed by atoms with Crippen molar-refractivity contribution in [2.24, 2.45) is 11.5 Å². The Hall–Kier alpha value is -1.90. The van der Waals surface area contributed by atoms with Crippen molar-refractivity contribution in [1.82, 2.24) is 0 Å². The van der Waals surface area contributed by atoms with Gasteiger partial charge in [0.05, 0.1) is 12.6 Å². The van der Waals surface area contributed by atoms with Gasteiger partial charge in [-0.05, 0) is 0 Å². The van der Waals surface area contributed by atoms with Crippen molar-refractivity contribution in [3.8, 4) is 5.75 Å². The summed E-state index contributed by atoms with van der Waals surface area (Å²) in [6, 6.07) is -1.15. The SMILES string of the molecule is NC(=O)C(N)CCOc1c(F)c(F)c(F)c(F)c1F. The number of hydrogen-bond donors (Lipinski definition) is 2. The molecule has 0 saturated heterocycles. The topological polar surface area (TPSA) is 78.3 Å². The van der Waals surface area contributed by atoms with Crippen LogP contribution in [0.5, 0.6) is 5.75 Å². The number of nitrogens with two attached hydrogens (primary N) is 2. The van der Waals surface area contributed by atoms with Crippen LogP contribution in [0.3, 0.4) is 0 Å². The minimum absolute atomic E-state index is 0.241. The van der Waals surface area contributed by atoms with Crippen molar-refractivity contribution >= 4 is 5.91 Å². The average Bonchev–Trinajstić information content (AvgIpc) is 2.37. The molecule has 1 unspecified atom stereocenters. The first kappa shape index (κ1) is 15.2. The summed E-state index contributed by atoms with van der Waals surface area (Å²) in [5.74, 6) is -13.0. The minimum Gasteiger partial charge on any atom is -0.487 e. The standard InChI is InChI=1S/C10H9F5N2O2/c11-4-5(12)7(14)9(8(15)6(4)13)19-2-1-3(16)10(17)18/h3H,1-2,16H2,(H2,17,18). The lowest BCUT2D eigenvalue weighted by Gasteiger charge is -2.11. The van der Waals surface area contributed by atoms with Crippen molar-refractivity contribution in [1.29, 1.82) is 0 Å². The highest BCUT2D eigenvalue weighted by Gasteiger charge is 2.27. The fourth-order valence-electron chi connectivity index (χ4n) is 1.14. The van der Waals surface area contributed by atoms with Gasteiger partial charge in [-0.1, -0.05) is 0 Å². The fourth-order valence-corrected chi connectivity index (χ4v) is 1.14. The van der Waals surface area contributed by atoms with Gasteiger partial charge in [-0.15, -0.1) is 0 Å². The molecule has 0 aliphatic rings. The maximum atomic E-state index is 13.1. The Morgan fingerprint density at radius 1 is 1.00 bits per heavy atom. The molecule has 0 aliphatic carbocycles. The molecule has 19 heavy (non-hydrogen) atoms. The minimum atomic E-state index is -2.28. The number of ether oxygens (including phenoxy) is 1. The third-order valence-electron chi connectivity index (χ3n) is 2.21. The summed E-state index contributed by atoms with van der Waals surface area (Å²) >= 11 is 0. The molecule has 4 nitrogen and oxygen atoms in total. The van der Waals surface area contributed by atoms with E-state index in [0.717, 1.165) is 0 Å². The summed E-state index contributed by atoms with van der Waals surface area (Å²) in [7, 11) is 0. The lowest BCUT2D eigenvalue weighted by Crippen LogP contribution is -2.37. The smallest absolute Gasteiger partial charge is 0.234 e. The van der Waals surface area contributed by atoms with Crippen molar-refractivity contribution in [2.45, 2.75) is 12.5 Å². The Morgan fingerprint density at radius 3 is 1.84 bits per heavy atom. The van der Waals surface area contributed by atoms with Crippen LogP contribution < -0.4 is 16.2 Å². The van der Waals surface area contributed by atoms with Crippen LogP contribution in [-0.4, -0.2) is 18.6 Å². The molecule has 0 aromatic heterocycles. The monoisotopic (exact) mass is 284 g/mol. The summed E-state index contributed by atoms with van der Waals surface area (Å²) < 4.78 is 68.9. The number of rotatable bonds is 5. The summed E-state index contributed by atoms with van der Waals surface area (Å²) in [6.07, 6.45) is -0.241. The molecular weight excluding hydrogens is 275 g/mol. The van der Waals surface area contributed by atoms with E-state index in [1.54, 1.807) is 0 Å². The quantitative estimate of drug-likeness (QED) is 0.480. The highest BCUT2D eigenvalue weighted by molar-refractivity contribution is 5.79. The van der Waals surface area contributed by atoms with Crippen LogP contribution in [-0.2, 0) is 4.79 Å².